The molecule has 0 aliphatic carbocycles. The molecule has 0 aliphatic rings. The highest BCUT2D eigenvalue weighted by atomic mass is 31.2. The highest BCUT2D eigenvalue weighted by Crippen LogP contribution is 2.45. The van der Waals surface area contributed by atoms with Gasteiger partial charge >= 0.3 is 39.5 Å². The number of unbranched alkanes of at least 4 members (excludes halogenated alkanes) is 30. The topological polar surface area (TPSA) is 237 Å². The molecule has 0 aliphatic heterocycles. The third-order valence-electron chi connectivity index (χ3n) is 16.9. The minimum atomic E-state index is -5.00. The lowest BCUT2D eigenvalue weighted by atomic mass is 10.1. The van der Waals surface area contributed by atoms with Crippen molar-refractivity contribution >= 4 is 39.5 Å². The lowest BCUT2D eigenvalue weighted by Gasteiger charge is -2.21. The number of aliphatic hydroxyl groups is 1. The number of allylic oxidation sites excluding steroid dienone is 20. The molecule has 0 rings (SSSR count). The summed E-state index contributed by atoms with van der Waals surface area (Å²) in [6.45, 7) is 4.69. The van der Waals surface area contributed by atoms with E-state index in [2.05, 4.69) is 137 Å². The largest absolute Gasteiger partial charge is 0.472 e. The van der Waals surface area contributed by atoms with Gasteiger partial charge in [-0.1, -0.05) is 278 Å². The van der Waals surface area contributed by atoms with E-state index >= 15 is 0 Å². The SMILES string of the molecule is CCCCC/C=C\C/C=C\C/C=C\C/C=C\C/C=C\CCC(=O)OC[C@H](COP(=O)(O)OCC(O)COP(=O)(O)OC[C@@H](COC(=O)CCCCCCC/C=C\C/C=C\CCCCC)OC(=O)CCCCCCC/C=C\CCCCCCCC)OC(=O)CCCCCCC/C=C\C/C=C\CCCCC. The minimum Gasteiger partial charge on any atom is -0.462 e. The molecule has 0 bridgehead atoms. The van der Waals surface area contributed by atoms with Crippen LogP contribution in [0.5, 0.6) is 0 Å². The molecule has 0 spiro atoms. The van der Waals surface area contributed by atoms with E-state index in [4.69, 9.17) is 37.0 Å². The summed E-state index contributed by atoms with van der Waals surface area (Å²) in [6, 6.07) is 0. The van der Waals surface area contributed by atoms with Crippen LogP contribution in [0.3, 0.4) is 0 Å². The van der Waals surface area contributed by atoms with E-state index in [1.807, 2.05) is 12.2 Å². The molecule has 598 valence electrons. The molecule has 0 fully saturated rings. The fraction of sp³-hybridized carbons (Fsp3) is 0.718. The Kier molecular flexibility index (Phi) is 73.3. The Balaban J connectivity index is 5.45. The van der Waals surface area contributed by atoms with Crippen molar-refractivity contribution in [2.45, 2.75) is 354 Å². The molecule has 19 heteroatoms. The molecule has 0 saturated carbocycles. The first kappa shape index (κ1) is 99.5. The van der Waals surface area contributed by atoms with Gasteiger partial charge in [-0.2, -0.15) is 0 Å². The van der Waals surface area contributed by atoms with E-state index in [0.717, 1.165) is 154 Å². The van der Waals surface area contributed by atoms with Crippen molar-refractivity contribution in [2.75, 3.05) is 39.6 Å². The van der Waals surface area contributed by atoms with Gasteiger partial charge in [-0.25, -0.2) is 9.13 Å². The van der Waals surface area contributed by atoms with Gasteiger partial charge < -0.3 is 33.8 Å². The maximum atomic E-state index is 13.1. The summed E-state index contributed by atoms with van der Waals surface area (Å²) < 4.78 is 68.5. The number of hydrogen-bond acceptors (Lipinski definition) is 15. The van der Waals surface area contributed by atoms with Gasteiger partial charge in [-0.3, -0.25) is 37.3 Å². The van der Waals surface area contributed by atoms with Crippen molar-refractivity contribution in [1.82, 2.24) is 0 Å². The maximum absolute atomic E-state index is 13.1. The lowest BCUT2D eigenvalue weighted by molar-refractivity contribution is -0.161. The van der Waals surface area contributed by atoms with Crippen LogP contribution in [-0.4, -0.2) is 96.7 Å². The molecule has 17 nitrogen and oxygen atoms in total. The summed E-state index contributed by atoms with van der Waals surface area (Å²) in [4.78, 5) is 73.0. The molecule has 0 aromatic rings. The van der Waals surface area contributed by atoms with Crippen LogP contribution in [0.15, 0.2) is 122 Å². The highest BCUT2D eigenvalue weighted by molar-refractivity contribution is 7.47. The second-order valence-electron chi connectivity index (χ2n) is 27.0. The number of aliphatic hydroxyl groups excluding tert-OH is 1. The molecule has 104 heavy (non-hydrogen) atoms. The fourth-order valence-corrected chi connectivity index (χ4v) is 12.2. The quantitative estimate of drug-likeness (QED) is 0.0169. The molecular weight excluding hydrogens is 1350 g/mol. The van der Waals surface area contributed by atoms with E-state index in [-0.39, 0.29) is 25.7 Å². The molecule has 0 radical (unpaired) electrons. The van der Waals surface area contributed by atoms with Gasteiger partial charge in [0.2, 0.25) is 0 Å². The summed E-state index contributed by atoms with van der Waals surface area (Å²) in [5.41, 5.74) is 0. The normalized spacial score (nSPS) is 14.5. The van der Waals surface area contributed by atoms with Crippen LogP contribution in [0.25, 0.3) is 0 Å². The highest BCUT2D eigenvalue weighted by Gasteiger charge is 2.30. The van der Waals surface area contributed by atoms with Gasteiger partial charge in [0, 0.05) is 25.7 Å². The number of carbonyl (C=O) groups excluding carboxylic acids is 4. The number of rotatable bonds is 76. The van der Waals surface area contributed by atoms with E-state index < -0.39 is 97.5 Å². The number of hydrogen-bond donors (Lipinski definition) is 3. The lowest BCUT2D eigenvalue weighted by Crippen LogP contribution is -2.30. The van der Waals surface area contributed by atoms with Crippen molar-refractivity contribution in [3.63, 3.8) is 0 Å². The zero-order valence-electron chi connectivity index (χ0n) is 65.4. The number of phosphoric ester groups is 2. The van der Waals surface area contributed by atoms with Gasteiger partial charge in [0.25, 0.3) is 0 Å². The first-order valence-electron chi connectivity index (χ1n) is 40.8. The Morgan fingerprint density at radius 2 is 0.490 bits per heavy atom. The number of esters is 4. The van der Waals surface area contributed by atoms with Crippen LogP contribution in [-0.2, 0) is 65.4 Å². The van der Waals surface area contributed by atoms with Crippen LogP contribution < -0.4 is 0 Å². The Morgan fingerprint density at radius 3 is 0.808 bits per heavy atom. The van der Waals surface area contributed by atoms with Crippen molar-refractivity contribution in [2.24, 2.45) is 0 Å². The zero-order chi connectivity index (χ0) is 76.0. The fourth-order valence-electron chi connectivity index (χ4n) is 10.6. The summed E-state index contributed by atoms with van der Waals surface area (Å²) in [5, 5.41) is 10.6. The van der Waals surface area contributed by atoms with Gasteiger partial charge in [-0.15, -0.1) is 0 Å². The minimum absolute atomic E-state index is 0.0328. The summed E-state index contributed by atoms with van der Waals surface area (Å²) in [6.07, 6.45) is 84.7. The second kappa shape index (κ2) is 76.6. The third kappa shape index (κ3) is 75.7. The number of phosphoric acid groups is 2. The first-order chi connectivity index (χ1) is 50.7. The molecule has 0 heterocycles. The predicted molar refractivity (Wildman–Crippen MR) is 427 cm³/mol. The Labute approximate surface area is 632 Å². The Hall–Kier alpha value is -4.54. The summed E-state index contributed by atoms with van der Waals surface area (Å²) in [7, 11) is -9.99. The smallest absolute Gasteiger partial charge is 0.462 e. The summed E-state index contributed by atoms with van der Waals surface area (Å²) in [5.74, 6) is -2.30. The van der Waals surface area contributed by atoms with Crippen molar-refractivity contribution in [1.29, 1.82) is 0 Å². The zero-order valence-corrected chi connectivity index (χ0v) is 67.2. The van der Waals surface area contributed by atoms with Crippen LogP contribution in [0.1, 0.15) is 336 Å². The monoisotopic (exact) mass is 1500 g/mol. The third-order valence-corrected chi connectivity index (χ3v) is 18.8. The molecule has 3 unspecified atom stereocenters. The average Bonchev–Trinajstić information content (AvgIpc) is 0.918. The molecule has 0 aromatic carbocycles. The molecule has 3 N–H and O–H groups in total. The Morgan fingerprint density at radius 1 is 0.269 bits per heavy atom. The maximum Gasteiger partial charge on any atom is 0.472 e. The second-order valence-corrected chi connectivity index (χ2v) is 29.9. The van der Waals surface area contributed by atoms with Crippen LogP contribution in [0.4, 0.5) is 0 Å². The first-order valence-corrected chi connectivity index (χ1v) is 43.8. The predicted octanol–water partition coefficient (Wildman–Crippen LogP) is 23.9. The standard InChI is InChI=1S/C85H146O17P2/c1-5-9-13-17-21-25-29-33-37-38-39-40-44-46-50-54-58-62-66-70-83(88)96-76-81(102-85(90)72-68-64-60-56-52-48-43-36-32-28-24-20-16-12-8-4)78-100-104(93,94)98-74-79(86)73-97-103(91,92)99-77-80(101-84(89)71-67-63-59-55-51-47-42-35-31-27-23-19-15-11-7-3)75-95-82(87)69-65-61-57-53-49-45-41-34-30-26-22-18-14-10-6-2/h21-22,24-26,28,33-37,39-43,46,50,58,62,79-81,86H,5-20,23,27,29-32,38,44-45,47-49,51-57,59-61,63-78H2,1-4H3,(H,91,92)(H,93,94)/b25-21-,26-22-,28-24-,37-33-,40-39-,41-34-,42-35-,43-36-,50-46-,62-58-/t79?,80-,81-/m1/s1. The van der Waals surface area contributed by atoms with Gasteiger partial charge in [0.15, 0.2) is 12.2 Å². The molecule has 5 atom stereocenters. The van der Waals surface area contributed by atoms with Crippen LogP contribution >= 0.6 is 15.6 Å². The number of ether oxygens (including phenoxy) is 4. The Bertz CT molecular complexity index is 2440. The van der Waals surface area contributed by atoms with E-state index in [0.29, 0.717) is 32.1 Å². The van der Waals surface area contributed by atoms with Crippen LogP contribution in [0, 0.1) is 0 Å². The van der Waals surface area contributed by atoms with Crippen molar-refractivity contribution in [3.8, 4) is 0 Å². The summed E-state index contributed by atoms with van der Waals surface area (Å²) >= 11 is 0. The van der Waals surface area contributed by atoms with Crippen molar-refractivity contribution < 1.29 is 80.2 Å². The molecule has 0 aromatic heterocycles. The average molecular weight is 1500 g/mol. The van der Waals surface area contributed by atoms with E-state index in [9.17, 15) is 43.2 Å². The molecule has 0 saturated heterocycles. The van der Waals surface area contributed by atoms with Crippen molar-refractivity contribution in [3.05, 3.63) is 122 Å². The van der Waals surface area contributed by atoms with Crippen LogP contribution in [0.2, 0.25) is 0 Å². The molecule has 0 amide bonds. The van der Waals surface area contributed by atoms with E-state index in [1.54, 1.807) is 0 Å². The van der Waals surface area contributed by atoms with Gasteiger partial charge in [-0.05, 0) is 154 Å². The molecular formula is C85H146O17P2. The van der Waals surface area contributed by atoms with Gasteiger partial charge in [0.1, 0.15) is 19.3 Å². The van der Waals surface area contributed by atoms with Gasteiger partial charge in [0.05, 0.1) is 26.4 Å². The van der Waals surface area contributed by atoms with E-state index in [1.165, 1.54) is 96.3 Å². The number of carbonyl (C=O) groups is 4.